The summed E-state index contributed by atoms with van der Waals surface area (Å²) in [5, 5.41) is 0. The number of hydrogen-bond donors (Lipinski definition) is 1. The van der Waals surface area contributed by atoms with E-state index in [1.54, 1.807) is 0 Å². The second kappa shape index (κ2) is 5.96. The number of rotatable bonds is 2. The fourth-order valence-corrected chi connectivity index (χ4v) is 1.37. The molecule has 62 valence electrons. The highest BCUT2D eigenvalue weighted by Gasteiger charge is 2.07. The Morgan fingerprint density at radius 2 is 1.70 bits per heavy atom. The lowest BCUT2D eigenvalue weighted by Crippen LogP contribution is -2.33. The molecule has 1 heterocycles. The molecule has 0 unspecified atom stereocenters. The zero-order valence-corrected chi connectivity index (χ0v) is 7.20. The zero-order chi connectivity index (χ0) is 6.53. The van der Waals surface area contributed by atoms with Crippen LogP contribution in [0.15, 0.2) is 0 Å². The van der Waals surface area contributed by atoms with Crippen LogP contribution in [0.3, 0.4) is 0 Å². The van der Waals surface area contributed by atoms with Crippen molar-refractivity contribution in [2.24, 2.45) is 5.73 Å². The molecule has 0 bridgehead atoms. The van der Waals surface area contributed by atoms with Crippen molar-refractivity contribution in [2.45, 2.75) is 19.3 Å². The Balaban J connectivity index is 0.000000810. The molecular formula is C7H17ClN2. The summed E-state index contributed by atoms with van der Waals surface area (Å²) < 4.78 is 0. The number of halogens is 1. The predicted octanol–water partition coefficient (Wildman–Crippen LogP) is 0.853. The minimum absolute atomic E-state index is 0. The second-order valence-corrected chi connectivity index (χ2v) is 2.69. The molecule has 0 saturated carbocycles. The van der Waals surface area contributed by atoms with E-state index in [1.807, 2.05) is 0 Å². The summed E-state index contributed by atoms with van der Waals surface area (Å²) in [6.07, 6.45) is 4.17. The van der Waals surface area contributed by atoms with Gasteiger partial charge in [-0.3, -0.25) is 0 Å². The predicted molar refractivity (Wildman–Crippen MR) is 46.6 cm³/mol. The third kappa shape index (κ3) is 3.40. The highest BCUT2D eigenvalue weighted by atomic mass is 35.5. The van der Waals surface area contributed by atoms with Crippen molar-refractivity contribution in [1.29, 1.82) is 0 Å². The fourth-order valence-electron chi connectivity index (χ4n) is 1.37. The molecule has 0 spiro atoms. The van der Waals surface area contributed by atoms with Crippen molar-refractivity contribution in [3.05, 3.63) is 0 Å². The topological polar surface area (TPSA) is 29.3 Å². The highest BCUT2D eigenvalue weighted by Crippen LogP contribution is 2.06. The van der Waals surface area contributed by atoms with E-state index in [4.69, 9.17) is 5.73 Å². The summed E-state index contributed by atoms with van der Waals surface area (Å²) >= 11 is 0. The molecule has 2 N–H and O–H groups in total. The molecular weight excluding hydrogens is 148 g/mol. The fraction of sp³-hybridized carbons (Fsp3) is 1.00. The molecule has 0 aromatic rings. The van der Waals surface area contributed by atoms with Crippen molar-refractivity contribution in [3.8, 4) is 0 Å². The highest BCUT2D eigenvalue weighted by molar-refractivity contribution is 5.85. The van der Waals surface area contributed by atoms with Gasteiger partial charge >= 0.3 is 0 Å². The Morgan fingerprint density at radius 1 is 1.10 bits per heavy atom. The van der Waals surface area contributed by atoms with Crippen molar-refractivity contribution in [2.75, 3.05) is 26.2 Å². The van der Waals surface area contributed by atoms with Crippen LogP contribution in [0, 0.1) is 0 Å². The van der Waals surface area contributed by atoms with Gasteiger partial charge in [0, 0.05) is 13.1 Å². The first-order valence-electron chi connectivity index (χ1n) is 3.86. The third-order valence-corrected chi connectivity index (χ3v) is 1.89. The number of hydrogen-bond acceptors (Lipinski definition) is 2. The van der Waals surface area contributed by atoms with Crippen LogP contribution in [0.1, 0.15) is 19.3 Å². The zero-order valence-electron chi connectivity index (χ0n) is 6.38. The molecule has 2 nitrogen and oxygen atoms in total. The summed E-state index contributed by atoms with van der Waals surface area (Å²) in [5.74, 6) is 0. The summed E-state index contributed by atoms with van der Waals surface area (Å²) in [6, 6.07) is 0. The van der Waals surface area contributed by atoms with Gasteiger partial charge in [-0.1, -0.05) is 6.42 Å². The Hall–Kier alpha value is 0.210. The number of nitrogens with zero attached hydrogens (tertiary/aromatic N) is 1. The Labute approximate surface area is 69.2 Å². The maximum Gasteiger partial charge on any atom is 0.0105 e. The maximum atomic E-state index is 5.42. The molecule has 1 aliphatic heterocycles. The van der Waals surface area contributed by atoms with Crippen LogP contribution >= 0.6 is 12.4 Å². The number of piperidine rings is 1. The molecule has 10 heavy (non-hydrogen) atoms. The summed E-state index contributed by atoms with van der Waals surface area (Å²) in [5.41, 5.74) is 5.42. The molecule has 0 aromatic heterocycles. The minimum atomic E-state index is 0. The molecule has 1 rings (SSSR count). The van der Waals surface area contributed by atoms with Crippen LogP contribution in [0.5, 0.6) is 0 Å². The van der Waals surface area contributed by atoms with E-state index in [2.05, 4.69) is 4.90 Å². The Bertz CT molecular complexity index is 69.3. The average molecular weight is 165 g/mol. The van der Waals surface area contributed by atoms with Gasteiger partial charge in [-0.15, -0.1) is 12.4 Å². The van der Waals surface area contributed by atoms with Gasteiger partial charge in [0.15, 0.2) is 0 Å². The van der Waals surface area contributed by atoms with Crippen LogP contribution in [0.4, 0.5) is 0 Å². The summed E-state index contributed by atoms with van der Waals surface area (Å²) in [7, 11) is 0. The largest absolute Gasteiger partial charge is 0.329 e. The molecule has 1 fully saturated rings. The normalized spacial score (nSPS) is 20.1. The quantitative estimate of drug-likeness (QED) is 0.656. The van der Waals surface area contributed by atoms with Crippen LogP contribution in [-0.4, -0.2) is 31.1 Å². The standard InChI is InChI=1S/C7H16N2.ClH/c8-4-7-9-5-2-1-3-6-9;/h1-8H2;1H. The molecule has 0 aromatic carbocycles. The van der Waals surface area contributed by atoms with E-state index < -0.39 is 0 Å². The van der Waals surface area contributed by atoms with Crippen LogP contribution < -0.4 is 5.73 Å². The number of likely N-dealkylation sites (tertiary alicyclic amines) is 1. The molecule has 0 radical (unpaired) electrons. The van der Waals surface area contributed by atoms with Crippen molar-refractivity contribution >= 4 is 12.4 Å². The van der Waals surface area contributed by atoms with E-state index in [9.17, 15) is 0 Å². The van der Waals surface area contributed by atoms with E-state index in [1.165, 1.54) is 32.4 Å². The molecule has 0 atom stereocenters. The van der Waals surface area contributed by atoms with Crippen LogP contribution in [0.25, 0.3) is 0 Å². The lowest BCUT2D eigenvalue weighted by Gasteiger charge is -2.25. The van der Waals surface area contributed by atoms with E-state index in [-0.39, 0.29) is 12.4 Å². The minimum Gasteiger partial charge on any atom is -0.329 e. The SMILES string of the molecule is Cl.NCCN1CCCCC1. The van der Waals surface area contributed by atoms with Gasteiger partial charge in [-0.25, -0.2) is 0 Å². The Kier molecular flexibility index (Phi) is 6.08. The van der Waals surface area contributed by atoms with Gasteiger partial charge in [-0.2, -0.15) is 0 Å². The van der Waals surface area contributed by atoms with E-state index in [0.29, 0.717) is 0 Å². The van der Waals surface area contributed by atoms with E-state index in [0.717, 1.165) is 13.1 Å². The van der Waals surface area contributed by atoms with Crippen LogP contribution in [0.2, 0.25) is 0 Å². The van der Waals surface area contributed by atoms with Gasteiger partial charge in [0.25, 0.3) is 0 Å². The maximum absolute atomic E-state index is 5.42. The lowest BCUT2D eigenvalue weighted by atomic mass is 10.1. The molecule has 3 heteroatoms. The monoisotopic (exact) mass is 164 g/mol. The molecule has 1 saturated heterocycles. The van der Waals surface area contributed by atoms with Gasteiger partial charge < -0.3 is 10.6 Å². The first kappa shape index (κ1) is 10.2. The molecule has 0 aliphatic carbocycles. The van der Waals surface area contributed by atoms with E-state index >= 15 is 0 Å². The van der Waals surface area contributed by atoms with Crippen molar-refractivity contribution in [1.82, 2.24) is 4.90 Å². The first-order valence-corrected chi connectivity index (χ1v) is 3.86. The van der Waals surface area contributed by atoms with Crippen molar-refractivity contribution in [3.63, 3.8) is 0 Å². The summed E-state index contributed by atoms with van der Waals surface area (Å²) in [6.45, 7) is 4.47. The smallest absolute Gasteiger partial charge is 0.0105 e. The number of nitrogens with two attached hydrogens (primary N) is 1. The second-order valence-electron chi connectivity index (χ2n) is 2.69. The van der Waals surface area contributed by atoms with Gasteiger partial charge in [0.1, 0.15) is 0 Å². The first-order chi connectivity index (χ1) is 4.43. The average Bonchev–Trinajstić information content (AvgIpc) is 1.91. The molecule has 0 amide bonds. The van der Waals surface area contributed by atoms with Crippen LogP contribution in [-0.2, 0) is 0 Å². The van der Waals surface area contributed by atoms with Gasteiger partial charge in [-0.05, 0) is 25.9 Å². The van der Waals surface area contributed by atoms with Crippen molar-refractivity contribution < 1.29 is 0 Å². The molecule has 1 aliphatic rings. The van der Waals surface area contributed by atoms with Gasteiger partial charge in [0.2, 0.25) is 0 Å². The van der Waals surface area contributed by atoms with Gasteiger partial charge in [0.05, 0.1) is 0 Å². The third-order valence-electron chi connectivity index (χ3n) is 1.89. The summed E-state index contributed by atoms with van der Waals surface area (Å²) in [4.78, 5) is 2.45. The lowest BCUT2D eigenvalue weighted by molar-refractivity contribution is 0.235. The Morgan fingerprint density at radius 3 is 2.20 bits per heavy atom.